The topological polar surface area (TPSA) is 82.1 Å². The summed E-state index contributed by atoms with van der Waals surface area (Å²) in [6.45, 7) is 14.5. The van der Waals surface area contributed by atoms with Gasteiger partial charge in [-0.15, -0.1) is 0 Å². The van der Waals surface area contributed by atoms with Gasteiger partial charge in [0, 0.05) is 6.61 Å². The second-order valence-corrected chi connectivity index (χ2v) is 16.0. The lowest BCUT2D eigenvalue weighted by atomic mass is 10.0. The molecule has 0 radical (unpaired) electrons. The summed E-state index contributed by atoms with van der Waals surface area (Å²) in [4.78, 5) is 25.4. The molecule has 0 unspecified atom stereocenters. The average molecular weight is 529 g/mol. The third-order valence-electron chi connectivity index (χ3n) is 7.18. The molecular weight excluding hydrogens is 484 g/mol. The fourth-order valence-electron chi connectivity index (χ4n) is 3.60. The molecule has 204 valence electrons. The van der Waals surface area contributed by atoms with E-state index in [0.717, 1.165) is 24.8 Å². The lowest BCUT2D eigenvalue weighted by molar-refractivity contribution is -0.175. The highest BCUT2D eigenvalue weighted by molar-refractivity contribution is 6.74. The number of aryl methyl sites for hydroxylation is 3. The van der Waals surface area contributed by atoms with E-state index in [1.54, 1.807) is 0 Å². The summed E-state index contributed by atoms with van der Waals surface area (Å²) in [6, 6.07) is 15.8. The summed E-state index contributed by atoms with van der Waals surface area (Å²) < 4.78 is 17.6. The van der Waals surface area contributed by atoms with Crippen molar-refractivity contribution in [1.82, 2.24) is 0 Å². The Morgan fingerprint density at radius 2 is 1.57 bits per heavy atom. The Balaban J connectivity index is 2.02. The minimum atomic E-state index is -2.50. The van der Waals surface area contributed by atoms with E-state index >= 15 is 0 Å². The first-order valence-electron chi connectivity index (χ1n) is 13.1. The number of unbranched alkanes of at least 4 members (excludes halogenated alkanes) is 2. The van der Waals surface area contributed by atoms with Gasteiger partial charge in [0.1, 0.15) is 6.61 Å². The molecule has 37 heavy (non-hydrogen) atoms. The van der Waals surface area contributed by atoms with Crippen LogP contribution in [0.4, 0.5) is 0 Å². The molecule has 0 amide bonds. The van der Waals surface area contributed by atoms with Crippen LogP contribution >= 0.6 is 0 Å². The zero-order chi connectivity index (χ0) is 27.6. The fraction of sp³-hybridized carbons (Fsp3) is 0.533. The molecule has 1 N–H and O–H groups in total. The quantitative estimate of drug-likeness (QED) is 0.169. The number of carbonyl (C=O) groups is 2. The maximum Gasteiger partial charge on any atom is 0.338 e. The van der Waals surface area contributed by atoms with Gasteiger partial charge in [0.25, 0.3) is 0 Å². The van der Waals surface area contributed by atoms with Gasteiger partial charge in [0.05, 0.1) is 0 Å². The summed E-state index contributed by atoms with van der Waals surface area (Å²) in [5.41, 5.74) is 4.70. The Bertz CT molecular complexity index is 1010. The fourth-order valence-corrected chi connectivity index (χ4v) is 4.82. The lowest BCUT2D eigenvalue weighted by Crippen LogP contribution is -2.53. The molecule has 0 spiro atoms. The van der Waals surface area contributed by atoms with Crippen molar-refractivity contribution in [3.8, 4) is 0 Å². The van der Waals surface area contributed by atoms with Gasteiger partial charge >= 0.3 is 11.9 Å². The van der Waals surface area contributed by atoms with E-state index in [2.05, 4.69) is 32.0 Å². The van der Waals surface area contributed by atoms with Gasteiger partial charge in [-0.1, -0.05) is 75.7 Å². The molecule has 2 rings (SSSR count). The molecule has 0 aliphatic rings. The van der Waals surface area contributed by atoms with Crippen molar-refractivity contribution in [2.45, 2.75) is 97.2 Å². The van der Waals surface area contributed by atoms with E-state index in [0.29, 0.717) is 6.42 Å². The number of benzene rings is 2. The van der Waals surface area contributed by atoms with Crippen LogP contribution in [0.25, 0.3) is 0 Å². The Kier molecular flexibility index (Phi) is 11.5. The van der Waals surface area contributed by atoms with Crippen LogP contribution in [0.2, 0.25) is 18.1 Å². The second kappa shape index (κ2) is 13.9. The normalized spacial score (nSPS) is 13.7. The van der Waals surface area contributed by atoms with Crippen molar-refractivity contribution in [1.29, 1.82) is 0 Å². The van der Waals surface area contributed by atoms with E-state index in [1.165, 1.54) is 16.7 Å². The SMILES string of the molecule is Cc1ccc(CCCCCO[C@@H](C(=O)OCc2ccccc2)[C@@H](O[Si](C)(C)C(C)(C)C)C(=O)O)cc1C. The van der Waals surface area contributed by atoms with E-state index in [4.69, 9.17) is 13.9 Å². The van der Waals surface area contributed by atoms with Crippen molar-refractivity contribution >= 4 is 20.3 Å². The summed E-state index contributed by atoms with van der Waals surface area (Å²) in [5.74, 6) is -1.94. The molecule has 2 aromatic rings. The Hall–Kier alpha value is -2.48. The molecule has 0 fully saturated rings. The van der Waals surface area contributed by atoms with Crippen molar-refractivity contribution in [3.63, 3.8) is 0 Å². The maximum atomic E-state index is 13.1. The monoisotopic (exact) mass is 528 g/mol. The number of rotatable bonds is 14. The molecule has 0 heterocycles. The van der Waals surface area contributed by atoms with Gasteiger partial charge in [-0.25, -0.2) is 9.59 Å². The number of ether oxygens (including phenoxy) is 2. The van der Waals surface area contributed by atoms with Crippen LogP contribution in [0.15, 0.2) is 48.5 Å². The Labute approximate surface area is 223 Å². The highest BCUT2D eigenvalue weighted by atomic mass is 28.4. The number of aliphatic carboxylic acids is 1. The first kappa shape index (κ1) is 30.7. The molecule has 2 aromatic carbocycles. The molecule has 7 heteroatoms. The summed E-state index contributed by atoms with van der Waals surface area (Å²) in [7, 11) is -2.50. The van der Waals surface area contributed by atoms with Gasteiger partial charge in [0.15, 0.2) is 20.5 Å². The van der Waals surface area contributed by atoms with Gasteiger partial charge < -0.3 is 19.0 Å². The number of hydrogen-bond acceptors (Lipinski definition) is 5. The van der Waals surface area contributed by atoms with Crippen molar-refractivity contribution in [2.24, 2.45) is 0 Å². The first-order valence-corrected chi connectivity index (χ1v) is 16.0. The van der Waals surface area contributed by atoms with Crippen LogP contribution in [0, 0.1) is 13.8 Å². The third-order valence-corrected chi connectivity index (χ3v) is 11.6. The van der Waals surface area contributed by atoms with Crippen LogP contribution in [-0.2, 0) is 36.5 Å². The molecule has 0 aliphatic heterocycles. The standard InChI is InChI=1S/C30H44O6Si/c1-22-17-18-24(20-23(22)2)14-12-9-13-19-34-27(29(33)35-21-25-15-10-8-11-16-25)26(28(31)32)36-37(6,7)30(3,4)5/h8,10-11,15-18,20,26-27H,9,12-14,19,21H2,1-7H3,(H,31,32)/t26-,27-/m1/s1. The highest BCUT2D eigenvalue weighted by Crippen LogP contribution is 2.38. The van der Waals surface area contributed by atoms with E-state index < -0.39 is 32.5 Å². The predicted molar refractivity (Wildman–Crippen MR) is 149 cm³/mol. The summed E-state index contributed by atoms with van der Waals surface area (Å²) in [6.07, 6.45) is 0.794. The molecule has 0 bridgehead atoms. The zero-order valence-corrected chi connectivity index (χ0v) is 24.5. The minimum absolute atomic E-state index is 0.0436. The number of carbonyl (C=O) groups excluding carboxylic acids is 1. The van der Waals surface area contributed by atoms with Crippen molar-refractivity contribution < 1.29 is 28.6 Å². The Morgan fingerprint density at radius 1 is 0.892 bits per heavy atom. The van der Waals surface area contributed by atoms with E-state index in [9.17, 15) is 14.7 Å². The largest absolute Gasteiger partial charge is 0.479 e. The van der Waals surface area contributed by atoms with Crippen LogP contribution in [0.5, 0.6) is 0 Å². The maximum absolute atomic E-state index is 13.1. The van der Waals surface area contributed by atoms with Gasteiger partial charge in [0.2, 0.25) is 0 Å². The smallest absolute Gasteiger partial charge is 0.338 e. The predicted octanol–water partition coefficient (Wildman–Crippen LogP) is 6.62. The van der Waals surface area contributed by atoms with E-state index in [1.807, 2.05) is 64.2 Å². The molecule has 0 aliphatic carbocycles. The van der Waals surface area contributed by atoms with Crippen molar-refractivity contribution in [2.75, 3.05) is 6.61 Å². The molecule has 0 saturated carbocycles. The Morgan fingerprint density at radius 3 is 2.16 bits per heavy atom. The summed E-state index contributed by atoms with van der Waals surface area (Å²) >= 11 is 0. The molecule has 0 saturated heterocycles. The molecule has 6 nitrogen and oxygen atoms in total. The van der Waals surface area contributed by atoms with E-state index in [-0.39, 0.29) is 18.3 Å². The molecule has 2 atom stereocenters. The third kappa shape index (κ3) is 9.72. The average Bonchev–Trinajstić information content (AvgIpc) is 2.83. The number of carboxylic acids is 1. The van der Waals surface area contributed by atoms with Crippen LogP contribution in [0.1, 0.15) is 62.3 Å². The van der Waals surface area contributed by atoms with Crippen molar-refractivity contribution in [3.05, 3.63) is 70.8 Å². The minimum Gasteiger partial charge on any atom is -0.479 e. The van der Waals surface area contributed by atoms with Gasteiger partial charge in [-0.2, -0.15) is 0 Å². The van der Waals surface area contributed by atoms with Crippen LogP contribution in [0.3, 0.4) is 0 Å². The number of hydrogen-bond donors (Lipinski definition) is 1. The van der Waals surface area contributed by atoms with Crippen LogP contribution in [-0.4, -0.2) is 44.2 Å². The number of carboxylic acid groups (broad SMARTS) is 1. The lowest BCUT2D eigenvalue weighted by Gasteiger charge is -2.39. The second-order valence-electron chi connectivity index (χ2n) is 11.3. The van der Waals surface area contributed by atoms with Gasteiger partial charge in [-0.3, -0.25) is 0 Å². The van der Waals surface area contributed by atoms with Crippen LogP contribution < -0.4 is 0 Å². The van der Waals surface area contributed by atoms with Gasteiger partial charge in [-0.05, 0) is 73.5 Å². The highest BCUT2D eigenvalue weighted by Gasteiger charge is 2.46. The molecular formula is C30H44O6Si. The summed E-state index contributed by atoms with van der Waals surface area (Å²) in [5, 5.41) is 9.80. The molecule has 0 aromatic heterocycles. The first-order chi connectivity index (χ1) is 17.3. The zero-order valence-electron chi connectivity index (χ0n) is 23.5. The number of esters is 1.